The highest BCUT2D eigenvalue weighted by atomic mass is 16.5. The Bertz CT molecular complexity index is 728. The number of nitrogens with zero attached hydrogens (tertiary/aromatic N) is 4. The van der Waals surface area contributed by atoms with E-state index < -0.39 is 0 Å². The number of anilines is 1. The van der Waals surface area contributed by atoms with Crippen LogP contribution in [0.4, 0.5) is 5.82 Å². The largest absolute Gasteiger partial charge is 0.375 e. The molecular formula is C22H36N6O2. The number of carbonyl (C=O) groups excluding carboxylic acids is 1. The second kappa shape index (κ2) is 10.1. The first-order chi connectivity index (χ1) is 14.4. The Kier molecular flexibility index (Phi) is 7.53. The van der Waals surface area contributed by atoms with E-state index in [9.17, 15) is 4.79 Å². The predicted octanol–water partition coefficient (Wildman–Crippen LogP) is 1.62. The average molecular weight is 417 g/mol. The van der Waals surface area contributed by atoms with Crippen molar-refractivity contribution in [3.8, 4) is 0 Å². The second-order valence-electron chi connectivity index (χ2n) is 8.62. The first-order valence-electron chi connectivity index (χ1n) is 10.9. The van der Waals surface area contributed by atoms with Gasteiger partial charge < -0.3 is 25.2 Å². The number of hydrogen-bond acceptors (Lipinski definition) is 5. The number of nitrogens with one attached hydrogen (secondary N) is 2. The van der Waals surface area contributed by atoms with Gasteiger partial charge in [0.15, 0.2) is 5.96 Å². The van der Waals surface area contributed by atoms with Crippen LogP contribution in [-0.4, -0.2) is 75.2 Å². The van der Waals surface area contributed by atoms with Crippen LogP contribution >= 0.6 is 0 Å². The van der Waals surface area contributed by atoms with Gasteiger partial charge in [-0.1, -0.05) is 18.9 Å². The van der Waals surface area contributed by atoms with Crippen molar-refractivity contribution in [3.05, 3.63) is 23.9 Å². The van der Waals surface area contributed by atoms with Crippen LogP contribution in [0.2, 0.25) is 0 Å². The number of carbonyl (C=O) groups is 1. The van der Waals surface area contributed by atoms with E-state index in [1.54, 1.807) is 11.9 Å². The van der Waals surface area contributed by atoms with Gasteiger partial charge in [-0.3, -0.25) is 9.79 Å². The fourth-order valence-corrected chi connectivity index (χ4v) is 4.39. The maximum Gasteiger partial charge on any atom is 0.230 e. The number of amides is 1. The van der Waals surface area contributed by atoms with Gasteiger partial charge in [-0.05, 0) is 31.4 Å². The van der Waals surface area contributed by atoms with Gasteiger partial charge in [0, 0.05) is 53.5 Å². The van der Waals surface area contributed by atoms with E-state index in [2.05, 4.69) is 44.6 Å². The number of ether oxygens (including phenoxy) is 1. The van der Waals surface area contributed by atoms with Crippen molar-refractivity contribution in [1.82, 2.24) is 20.5 Å². The lowest BCUT2D eigenvalue weighted by Gasteiger charge is -2.32. The summed E-state index contributed by atoms with van der Waals surface area (Å²) in [7, 11) is 5.43. The SMILES string of the molecule is CN=C(NCc1ccc(N2CCOC(C)C2)nc1)NCC1(C(=O)N(C)C)CCCC1. The number of rotatable bonds is 6. The Morgan fingerprint density at radius 3 is 2.70 bits per heavy atom. The third-order valence-electron chi connectivity index (χ3n) is 6.07. The zero-order valence-electron chi connectivity index (χ0n) is 18.8. The van der Waals surface area contributed by atoms with Crippen molar-refractivity contribution in [3.63, 3.8) is 0 Å². The van der Waals surface area contributed by atoms with Crippen molar-refractivity contribution in [2.45, 2.75) is 45.3 Å². The summed E-state index contributed by atoms with van der Waals surface area (Å²) in [5, 5.41) is 6.72. The topological polar surface area (TPSA) is 82.1 Å². The Balaban J connectivity index is 1.52. The summed E-state index contributed by atoms with van der Waals surface area (Å²) in [6.07, 6.45) is 6.21. The summed E-state index contributed by atoms with van der Waals surface area (Å²) in [5.74, 6) is 1.90. The summed E-state index contributed by atoms with van der Waals surface area (Å²) in [6, 6.07) is 4.16. The molecule has 1 saturated heterocycles. The summed E-state index contributed by atoms with van der Waals surface area (Å²) < 4.78 is 5.60. The third-order valence-corrected chi connectivity index (χ3v) is 6.07. The molecule has 1 aromatic heterocycles. The van der Waals surface area contributed by atoms with E-state index in [-0.39, 0.29) is 17.4 Å². The van der Waals surface area contributed by atoms with Gasteiger partial charge in [-0.2, -0.15) is 0 Å². The normalized spacial score (nSPS) is 21.4. The van der Waals surface area contributed by atoms with E-state index in [4.69, 9.17) is 4.74 Å². The zero-order valence-corrected chi connectivity index (χ0v) is 18.8. The molecule has 3 rings (SSSR count). The summed E-state index contributed by atoms with van der Waals surface area (Å²) >= 11 is 0. The van der Waals surface area contributed by atoms with Crippen LogP contribution < -0.4 is 15.5 Å². The van der Waals surface area contributed by atoms with Crippen LogP contribution in [-0.2, 0) is 16.1 Å². The van der Waals surface area contributed by atoms with Gasteiger partial charge in [0.05, 0.1) is 18.1 Å². The Morgan fingerprint density at radius 2 is 2.10 bits per heavy atom. The number of aromatic nitrogens is 1. The van der Waals surface area contributed by atoms with Gasteiger partial charge in [0.25, 0.3) is 0 Å². The van der Waals surface area contributed by atoms with Crippen molar-refractivity contribution in [1.29, 1.82) is 0 Å². The monoisotopic (exact) mass is 416 g/mol. The fourth-order valence-electron chi connectivity index (χ4n) is 4.39. The van der Waals surface area contributed by atoms with Crippen LogP contribution in [0.25, 0.3) is 0 Å². The minimum absolute atomic E-state index is 0.208. The van der Waals surface area contributed by atoms with Gasteiger partial charge in [0.2, 0.25) is 5.91 Å². The molecule has 1 aliphatic heterocycles. The highest BCUT2D eigenvalue weighted by Gasteiger charge is 2.42. The third kappa shape index (κ3) is 5.41. The standard InChI is InChI=1S/C22H36N6O2/c1-17-15-28(11-12-30-17)19-8-7-18(13-24-19)14-25-21(23-2)26-16-22(9-5-6-10-22)20(29)27(3)4/h7-8,13,17H,5-6,9-12,14-16H2,1-4H3,(H2,23,25,26). The molecule has 1 unspecified atom stereocenters. The van der Waals surface area contributed by atoms with Crippen molar-refractivity contribution < 1.29 is 9.53 Å². The van der Waals surface area contributed by atoms with Crippen LogP contribution in [0.5, 0.6) is 0 Å². The van der Waals surface area contributed by atoms with Crippen LogP contribution in [0.3, 0.4) is 0 Å². The van der Waals surface area contributed by atoms with E-state index >= 15 is 0 Å². The molecule has 8 nitrogen and oxygen atoms in total. The highest BCUT2D eigenvalue weighted by molar-refractivity contribution is 5.85. The van der Waals surface area contributed by atoms with Crippen LogP contribution in [0, 0.1) is 5.41 Å². The molecule has 30 heavy (non-hydrogen) atoms. The average Bonchev–Trinajstić information content (AvgIpc) is 3.23. The smallest absolute Gasteiger partial charge is 0.230 e. The molecule has 0 aromatic carbocycles. The Morgan fingerprint density at radius 1 is 1.33 bits per heavy atom. The minimum atomic E-state index is -0.320. The number of hydrogen-bond donors (Lipinski definition) is 2. The van der Waals surface area contributed by atoms with Gasteiger partial charge in [0.1, 0.15) is 5.82 Å². The highest BCUT2D eigenvalue weighted by Crippen LogP contribution is 2.38. The number of guanidine groups is 1. The first-order valence-corrected chi connectivity index (χ1v) is 10.9. The van der Waals surface area contributed by atoms with Crippen molar-refractivity contribution >= 4 is 17.7 Å². The van der Waals surface area contributed by atoms with Crippen LogP contribution in [0.15, 0.2) is 23.3 Å². The van der Waals surface area contributed by atoms with Crippen LogP contribution in [0.1, 0.15) is 38.2 Å². The predicted molar refractivity (Wildman–Crippen MR) is 120 cm³/mol. The molecule has 2 fully saturated rings. The molecular weight excluding hydrogens is 380 g/mol. The number of aliphatic imine (C=N–C) groups is 1. The molecule has 0 radical (unpaired) electrons. The van der Waals surface area contributed by atoms with Crippen molar-refractivity contribution in [2.75, 3.05) is 52.3 Å². The minimum Gasteiger partial charge on any atom is -0.375 e. The first kappa shape index (κ1) is 22.3. The molecule has 1 aliphatic carbocycles. The van der Waals surface area contributed by atoms with Gasteiger partial charge >= 0.3 is 0 Å². The lowest BCUT2D eigenvalue weighted by atomic mass is 9.84. The fraction of sp³-hybridized carbons (Fsp3) is 0.682. The summed E-state index contributed by atoms with van der Waals surface area (Å²) in [6.45, 7) is 5.81. The molecule has 1 saturated carbocycles. The molecule has 2 N–H and O–H groups in total. The van der Waals surface area contributed by atoms with Gasteiger partial charge in [-0.15, -0.1) is 0 Å². The summed E-state index contributed by atoms with van der Waals surface area (Å²) in [4.78, 5) is 25.7. The van der Waals surface area contributed by atoms with E-state index in [1.165, 1.54) is 0 Å². The molecule has 2 heterocycles. The zero-order chi connectivity index (χ0) is 21.6. The molecule has 166 valence electrons. The second-order valence-corrected chi connectivity index (χ2v) is 8.62. The molecule has 1 aromatic rings. The number of morpholine rings is 1. The molecule has 0 spiro atoms. The molecule has 1 atom stereocenters. The van der Waals surface area contributed by atoms with E-state index in [0.717, 1.165) is 56.8 Å². The molecule has 1 amide bonds. The molecule has 0 bridgehead atoms. The quantitative estimate of drug-likeness (QED) is 0.542. The Hall–Kier alpha value is -2.35. The maximum atomic E-state index is 12.7. The molecule has 2 aliphatic rings. The van der Waals surface area contributed by atoms with Gasteiger partial charge in [-0.25, -0.2) is 4.98 Å². The number of pyridine rings is 1. The Labute approximate surface area is 180 Å². The lowest BCUT2D eigenvalue weighted by molar-refractivity contribution is -0.138. The summed E-state index contributed by atoms with van der Waals surface area (Å²) in [5.41, 5.74) is 0.766. The lowest BCUT2D eigenvalue weighted by Crippen LogP contribution is -2.49. The van der Waals surface area contributed by atoms with Crippen molar-refractivity contribution in [2.24, 2.45) is 10.4 Å². The maximum absolute atomic E-state index is 12.7. The molecule has 8 heteroatoms. The van der Waals surface area contributed by atoms with E-state index in [1.807, 2.05) is 20.3 Å². The van der Waals surface area contributed by atoms with E-state index in [0.29, 0.717) is 19.0 Å².